The van der Waals surface area contributed by atoms with Gasteiger partial charge in [0, 0.05) is 11.6 Å². The van der Waals surface area contributed by atoms with Gasteiger partial charge in [0.15, 0.2) is 5.82 Å². The zero-order valence-corrected chi connectivity index (χ0v) is 8.35. The fourth-order valence-electron chi connectivity index (χ4n) is 1.84. The van der Waals surface area contributed by atoms with Crippen molar-refractivity contribution in [2.45, 2.75) is 25.2 Å². The Hall–Kier alpha value is -1.71. The molecule has 0 unspecified atom stereocenters. The van der Waals surface area contributed by atoms with Crippen molar-refractivity contribution in [3.8, 4) is 11.5 Å². The Morgan fingerprint density at radius 3 is 2.87 bits per heavy atom. The zero-order valence-electron chi connectivity index (χ0n) is 8.35. The van der Waals surface area contributed by atoms with Gasteiger partial charge in [-0.05, 0) is 25.0 Å². The van der Waals surface area contributed by atoms with E-state index in [0.29, 0.717) is 5.92 Å². The van der Waals surface area contributed by atoms with Crippen molar-refractivity contribution in [2.24, 2.45) is 0 Å². The third-order valence-electron chi connectivity index (χ3n) is 2.95. The van der Waals surface area contributed by atoms with Gasteiger partial charge in [-0.2, -0.15) is 5.10 Å². The van der Waals surface area contributed by atoms with E-state index >= 15 is 0 Å². The van der Waals surface area contributed by atoms with Crippen LogP contribution in [0.15, 0.2) is 24.5 Å². The molecular formula is C11H12N4. The second kappa shape index (κ2) is 3.46. The Bertz CT molecular complexity index is 445. The van der Waals surface area contributed by atoms with Crippen molar-refractivity contribution in [1.82, 2.24) is 20.2 Å². The lowest BCUT2D eigenvalue weighted by atomic mass is 9.82. The van der Waals surface area contributed by atoms with E-state index in [9.17, 15) is 0 Å². The predicted octanol–water partition coefficient (Wildman–Crippen LogP) is 2.13. The quantitative estimate of drug-likeness (QED) is 0.808. The summed E-state index contributed by atoms with van der Waals surface area (Å²) in [6.45, 7) is 0. The van der Waals surface area contributed by atoms with Crippen LogP contribution in [0.5, 0.6) is 0 Å². The van der Waals surface area contributed by atoms with E-state index in [1.54, 1.807) is 0 Å². The molecule has 0 radical (unpaired) electrons. The highest BCUT2D eigenvalue weighted by atomic mass is 15.2. The van der Waals surface area contributed by atoms with E-state index in [2.05, 4.69) is 26.2 Å². The van der Waals surface area contributed by atoms with E-state index in [1.165, 1.54) is 31.3 Å². The third-order valence-corrected chi connectivity index (χ3v) is 2.95. The van der Waals surface area contributed by atoms with Crippen LogP contribution >= 0.6 is 0 Å². The molecule has 0 aromatic carbocycles. The summed E-state index contributed by atoms with van der Waals surface area (Å²) in [4.78, 5) is 8.71. The standard InChI is InChI=1S/C11H12N4/c1-3-8(4-1)9-5-2-6-10(14-9)11-12-7-13-15-11/h2,5-8H,1,3-4H2,(H,12,13,15). The lowest BCUT2D eigenvalue weighted by Crippen LogP contribution is -2.10. The van der Waals surface area contributed by atoms with E-state index in [0.717, 1.165) is 11.5 Å². The summed E-state index contributed by atoms with van der Waals surface area (Å²) >= 11 is 0. The second-order valence-corrected chi connectivity index (χ2v) is 3.91. The first-order chi connectivity index (χ1) is 7.43. The number of nitrogens with zero attached hydrogens (tertiary/aromatic N) is 3. The number of hydrogen-bond donors (Lipinski definition) is 1. The van der Waals surface area contributed by atoms with Crippen LogP contribution in [-0.4, -0.2) is 20.2 Å². The first-order valence-corrected chi connectivity index (χ1v) is 5.26. The predicted molar refractivity (Wildman–Crippen MR) is 56.2 cm³/mol. The monoisotopic (exact) mass is 200 g/mol. The van der Waals surface area contributed by atoms with Gasteiger partial charge < -0.3 is 0 Å². The molecule has 0 bridgehead atoms. The largest absolute Gasteiger partial charge is 0.258 e. The molecule has 0 amide bonds. The highest BCUT2D eigenvalue weighted by Gasteiger charge is 2.21. The lowest BCUT2D eigenvalue weighted by Gasteiger charge is -2.24. The van der Waals surface area contributed by atoms with E-state index in [-0.39, 0.29) is 0 Å². The number of aromatic amines is 1. The van der Waals surface area contributed by atoms with Crippen LogP contribution in [-0.2, 0) is 0 Å². The van der Waals surface area contributed by atoms with Crippen molar-refractivity contribution in [3.05, 3.63) is 30.2 Å². The molecule has 0 spiro atoms. The van der Waals surface area contributed by atoms with Gasteiger partial charge in [-0.3, -0.25) is 5.10 Å². The molecule has 76 valence electrons. The molecule has 2 aromatic rings. The van der Waals surface area contributed by atoms with Crippen molar-refractivity contribution in [2.75, 3.05) is 0 Å². The summed E-state index contributed by atoms with van der Waals surface area (Å²) in [5.74, 6) is 1.41. The number of nitrogens with one attached hydrogen (secondary N) is 1. The molecule has 1 fully saturated rings. The topological polar surface area (TPSA) is 54.5 Å². The Kier molecular flexibility index (Phi) is 1.98. The SMILES string of the molecule is c1cc(-c2ncn[nH]2)nc(C2CCC2)c1. The Morgan fingerprint density at radius 1 is 1.27 bits per heavy atom. The number of rotatable bonds is 2. The molecule has 4 heteroatoms. The van der Waals surface area contributed by atoms with Gasteiger partial charge in [0.25, 0.3) is 0 Å². The lowest BCUT2D eigenvalue weighted by molar-refractivity contribution is 0.411. The van der Waals surface area contributed by atoms with Crippen molar-refractivity contribution < 1.29 is 0 Å². The van der Waals surface area contributed by atoms with Crippen LogP contribution in [0.4, 0.5) is 0 Å². The van der Waals surface area contributed by atoms with Crippen LogP contribution in [0.1, 0.15) is 30.9 Å². The number of hydrogen-bond acceptors (Lipinski definition) is 3. The third kappa shape index (κ3) is 1.52. The van der Waals surface area contributed by atoms with Crippen LogP contribution in [0.25, 0.3) is 11.5 Å². The first kappa shape index (κ1) is 8.59. The minimum Gasteiger partial charge on any atom is -0.258 e. The fourth-order valence-corrected chi connectivity index (χ4v) is 1.84. The number of aromatic nitrogens is 4. The summed E-state index contributed by atoms with van der Waals surface area (Å²) in [6.07, 6.45) is 5.38. The highest BCUT2D eigenvalue weighted by molar-refractivity contribution is 5.48. The molecule has 0 atom stereocenters. The van der Waals surface area contributed by atoms with E-state index < -0.39 is 0 Å². The average molecular weight is 200 g/mol. The summed E-state index contributed by atoms with van der Waals surface area (Å²) < 4.78 is 0. The maximum absolute atomic E-state index is 4.60. The molecular weight excluding hydrogens is 188 g/mol. The molecule has 15 heavy (non-hydrogen) atoms. The van der Waals surface area contributed by atoms with Gasteiger partial charge in [-0.15, -0.1) is 0 Å². The molecule has 3 rings (SSSR count). The fraction of sp³-hybridized carbons (Fsp3) is 0.364. The molecule has 1 N–H and O–H groups in total. The van der Waals surface area contributed by atoms with Gasteiger partial charge in [-0.1, -0.05) is 12.5 Å². The van der Waals surface area contributed by atoms with Crippen LogP contribution < -0.4 is 0 Å². The van der Waals surface area contributed by atoms with Crippen LogP contribution in [0.3, 0.4) is 0 Å². The maximum atomic E-state index is 4.60. The minimum atomic E-state index is 0.660. The van der Waals surface area contributed by atoms with Crippen LogP contribution in [0.2, 0.25) is 0 Å². The Balaban J connectivity index is 1.95. The number of H-pyrrole nitrogens is 1. The van der Waals surface area contributed by atoms with Crippen LogP contribution in [0, 0.1) is 0 Å². The van der Waals surface area contributed by atoms with E-state index in [1.807, 2.05) is 12.1 Å². The van der Waals surface area contributed by atoms with Gasteiger partial charge in [0.05, 0.1) is 0 Å². The Labute approximate surface area is 87.8 Å². The second-order valence-electron chi connectivity index (χ2n) is 3.91. The molecule has 2 heterocycles. The van der Waals surface area contributed by atoms with Gasteiger partial charge in [0.2, 0.25) is 0 Å². The van der Waals surface area contributed by atoms with Gasteiger partial charge in [0.1, 0.15) is 12.0 Å². The van der Waals surface area contributed by atoms with Gasteiger partial charge >= 0.3 is 0 Å². The average Bonchev–Trinajstić information content (AvgIpc) is 2.68. The van der Waals surface area contributed by atoms with Crippen molar-refractivity contribution in [1.29, 1.82) is 0 Å². The maximum Gasteiger partial charge on any atom is 0.174 e. The smallest absolute Gasteiger partial charge is 0.174 e. The molecule has 4 nitrogen and oxygen atoms in total. The molecule has 1 aliphatic rings. The molecule has 0 aliphatic heterocycles. The molecule has 2 aromatic heterocycles. The van der Waals surface area contributed by atoms with Crippen molar-refractivity contribution >= 4 is 0 Å². The molecule has 1 saturated carbocycles. The summed E-state index contributed by atoms with van der Waals surface area (Å²) in [5.41, 5.74) is 2.08. The Morgan fingerprint density at radius 2 is 2.20 bits per heavy atom. The van der Waals surface area contributed by atoms with E-state index in [4.69, 9.17) is 0 Å². The zero-order chi connectivity index (χ0) is 10.1. The molecule has 0 saturated heterocycles. The van der Waals surface area contributed by atoms with Crippen molar-refractivity contribution in [3.63, 3.8) is 0 Å². The van der Waals surface area contributed by atoms with Gasteiger partial charge in [-0.25, -0.2) is 9.97 Å². The summed E-state index contributed by atoms with van der Waals surface area (Å²) in [6, 6.07) is 6.10. The highest BCUT2D eigenvalue weighted by Crippen LogP contribution is 2.35. The summed E-state index contributed by atoms with van der Waals surface area (Å²) in [7, 11) is 0. The summed E-state index contributed by atoms with van der Waals surface area (Å²) in [5, 5.41) is 6.66. The normalized spacial score (nSPS) is 16.3. The first-order valence-electron chi connectivity index (χ1n) is 5.26. The number of pyridine rings is 1. The molecule has 1 aliphatic carbocycles. The minimum absolute atomic E-state index is 0.660.